The minimum Gasteiger partial charge on any atom is -0.260 e. The molecule has 0 aliphatic heterocycles. The molecule has 0 saturated carbocycles. The Labute approximate surface area is 256 Å². The molecule has 2 nitrogen and oxygen atoms in total. The van der Waals surface area contributed by atoms with Crippen molar-refractivity contribution in [3.8, 4) is 0 Å². The van der Waals surface area contributed by atoms with Crippen molar-refractivity contribution in [1.82, 2.24) is 9.97 Å². The predicted molar refractivity (Wildman–Crippen MR) is 192 cm³/mol. The van der Waals surface area contributed by atoms with Crippen molar-refractivity contribution in [2.45, 2.75) is 189 Å². The summed E-state index contributed by atoms with van der Waals surface area (Å²) in [7, 11) is 0. The lowest BCUT2D eigenvalue weighted by molar-refractivity contribution is 0.512. The van der Waals surface area contributed by atoms with Crippen molar-refractivity contribution in [1.29, 1.82) is 0 Å². The lowest BCUT2D eigenvalue weighted by atomic mass is 9.78. The maximum atomic E-state index is 4.71. The lowest BCUT2D eigenvalue weighted by Crippen LogP contribution is -2.23. The molecule has 0 unspecified atom stereocenters. The van der Waals surface area contributed by atoms with Gasteiger partial charge in [0.05, 0.1) is 0 Å². The van der Waals surface area contributed by atoms with Crippen LogP contribution in [0.2, 0.25) is 0 Å². The van der Waals surface area contributed by atoms with E-state index in [0.717, 1.165) is 5.69 Å². The first-order valence-corrected chi connectivity index (χ1v) is 15.2. The maximum Gasteiger partial charge on any atom is 0.0497 e. The van der Waals surface area contributed by atoms with Crippen molar-refractivity contribution >= 4 is 0 Å². The van der Waals surface area contributed by atoms with E-state index in [1.165, 1.54) is 28.1 Å². The molecule has 240 valence electrons. The third kappa shape index (κ3) is 19.4. The Balaban J connectivity index is -0.000000111. The first-order chi connectivity index (χ1) is 17.2. The summed E-state index contributed by atoms with van der Waals surface area (Å²) in [6.07, 6.45) is 1.97. The highest BCUT2D eigenvalue weighted by Gasteiger charge is 2.27. The van der Waals surface area contributed by atoms with Crippen LogP contribution in [0.4, 0.5) is 0 Å². The van der Waals surface area contributed by atoms with Crippen LogP contribution in [0.25, 0.3) is 0 Å². The van der Waals surface area contributed by atoms with E-state index in [1.54, 1.807) is 0 Å². The summed E-state index contributed by atoms with van der Waals surface area (Å²) in [6, 6.07) is 6.60. The average molecular weight is 563 g/mol. The Hall–Kier alpha value is -1.70. The van der Waals surface area contributed by atoms with Gasteiger partial charge in [-0.05, 0) is 47.4 Å². The molecule has 2 aromatic rings. The number of nitrogens with zero attached hydrogens (tertiary/aromatic N) is 2. The zero-order chi connectivity index (χ0) is 31.7. The fourth-order valence-corrected chi connectivity index (χ4v) is 3.47. The van der Waals surface area contributed by atoms with Crippen LogP contribution in [-0.2, 0) is 21.7 Å². The molecule has 2 aromatic heterocycles. The molecule has 0 fully saturated rings. The number of aryl methyl sites for hydroxylation is 2. The van der Waals surface area contributed by atoms with Crippen LogP contribution in [0.1, 0.15) is 187 Å². The standard InChI is InChI=1S/2C14H23N.4C2H6.2CH4/c1-10-8-11(13(2,3)4)12(15-9-10)14(5,6)7;1-10-8-9-11(13(2,3)4)12(15-10)14(5,6)7;4*1-2;;/h2*8-9H,1-7H3;4*1-2H3;2*1H4. The molecule has 0 saturated heterocycles. The van der Waals surface area contributed by atoms with E-state index < -0.39 is 0 Å². The zero-order valence-electron chi connectivity index (χ0n) is 30.2. The summed E-state index contributed by atoms with van der Waals surface area (Å²) in [5.41, 5.74) is 8.11. The number of pyridine rings is 2. The summed E-state index contributed by atoms with van der Waals surface area (Å²) >= 11 is 0. The van der Waals surface area contributed by atoms with Crippen LogP contribution in [0.3, 0.4) is 0 Å². The van der Waals surface area contributed by atoms with Crippen LogP contribution < -0.4 is 0 Å². The minimum absolute atomic E-state index is 0. The highest BCUT2D eigenvalue weighted by Crippen LogP contribution is 2.33. The van der Waals surface area contributed by atoms with Crippen LogP contribution in [0.5, 0.6) is 0 Å². The van der Waals surface area contributed by atoms with Gasteiger partial charge in [-0.25, -0.2) is 0 Å². The molecule has 40 heavy (non-hydrogen) atoms. The molecule has 0 spiro atoms. The van der Waals surface area contributed by atoms with E-state index in [0.29, 0.717) is 0 Å². The second-order valence-corrected chi connectivity index (χ2v) is 12.8. The third-order valence-electron chi connectivity index (χ3n) is 5.10. The van der Waals surface area contributed by atoms with Gasteiger partial charge in [-0.1, -0.05) is 165 Å². The number of aromatic nitrogens is 2. The Kier molecular flexibility index (Phi) is 29.3. The van der Waals surface area contributed by atoms with E-state index in [1.807, 2.05) is 61.6 Å². The molecular weight excluding hydrogens is 484 g/mol. The quantitative estimate of drug-likeness (QED) is 0.319. The zero-order valence-corrected chi connectivity index (χ0v) is 30.2. The molecular formula is C38H78N2. The molecule has 0 atom stereocenters. The van der Waals surface area contributed by atoms with Gasteiger partial charge >= 0.3 is 0 Å². The second kappa shape index (κ2) is 22.9. The molecule has 2 rings (SSSR count). The van der Waals surface area contributed by atoms with Gasteiger partial charge in [-0.2, -0.15) is 0 Å². The molecule has 0 aliphatic rings. The van der Waals surface area contributed by atoms with Crippen molar-refractivity contribution in [2.75, 3.05) is 0 Å². The largest absolute Gasteiger partial charge is 0.260 e. The summed E-state index contributed by atoms with van der Waals surface area (Å²) in [5, 5.41) is 0. The first-order valence-electron chi connectivity index (χ1n) is 15.2. The van der Waals surface area contributed by atoms with Crippen molar-refractivity contribution in [3.63, 3.8) is 0 Å². The maximum absolute atomic E-state index is 4.71. The Bertz CT molecular complexity index is 776. The van der Waals surface area contributed by atoms with Gasteiger partial charge in [0.25, 0.3) is 0 Å². The SMILES string of the molecule is C.C.CC.CC.CC.CC.Cc1ccc(C(C)(C)C)c(C(C)(C)C)n1.Cc1cnc(C(C)(C)C)c(C(C)(C)C)c1. The highest BCUT2D eigenvalue weighted by atomic mass is 14.7. The molecule has 0 amide bonds. The molecule has 0 radical (unpaired) electrons. The van der Waals surface area contributed by atoms with Gasteiger partial charge in [-0.15, -0.1) is 0 Å². The van der Waals surface area contributed by atoms with Gasteiger partial charge < -0.3 is 0 Å². The van der Waals surface area contributed by atoms with Crippen LogP contribution >= 0.6 is 0 Å². The van der Waals surface area contributed by atoms with Gasteiger partial charge in [0.1, 0.15) is 0 Å². The fourth-order valence-electron chi connectivity index (χ4n) is 3.47. The lowest BCUT2D eigenvalue weighted by Gasteiger charge is -2.29. The van der Waals surface area contributed by atoms with E-state index >= 15 is 0 Å². The summed E-state index contributed by atoms with van der Waals surface area (Å²) < 4.78 is 0. The average Bonchev–Trinajstić information content (AvgIpc) is 2.82. The van der Waals surface area contributed by atoms with Crippen molar-refractivity contribution in [2.24, 2.45) is 0 Å². The van der Waals surface area contributed by atoms with Crippen LogP contribution in [0.15, 0.2) is 24.4 Å². The van der Waals surface area contributed by atoms with Gasteiger partial charge in [0.2, 0.25) is 0 Å². The summed E-state index contributed by atoms with van der Waals surface area (Å²) in [6.45, 7) is 47.0. The number of hydrogen-bond acceptors (Lipinski definition) is 2. The summed E-state index contributed by atoms with van der Waals surface area (Å²) in [5.74, 6) is 0. The smallest absolute Gasteiger partial charge is 0.0497 e. The summed E-state index contributed by atoms with van der Waals surface area (Å²) in [4.78, 5) is 9.33. The van der Waals surface area contributed by atoms with Crippen LogP contribution in [0, 0.1) is 13.8 Å². The van der Waals surface area contributed by atoms with Crippen molar-refractivity contribution in [3.05, 3.63) is 58.2 Å². The van der Waals surface area contributed by atoms with E-state index in [-0.39, 0.29) is 36.5 Å². The normalized spacial score (nSPS) is 10.3. The third-order valence-corrected chi connectivity index (χ3v) is 5.10. The Morgan fingerprint density at radius 1 is 0.475 bits per heavy atom. The second-order valence-electron chi connectivity index (χ2n) is 12.8. The van der Waals surface area contributed by atoms with E-state index in [9.17, 15) is 0 Å². The monoisotopic (exact) mass is 563 g/mol. The van der Waals surface area contributed by atoms with Gasteiger partial charge in [-0.3, -0.25) is 9.97 Å². The Morgan fingerprint density at radius 3 is 1.12 bits per heavy atom. The van der Waals surface area contributed by atoms with Crippen LogP contribution in [-0.4, -0.2) is 9.97 Å². The number of rotatable bonds is 0. The number of hydrogen-bond donors (Lipinski definition) is 0. The molecule has 2 heterocycles. The van der Waals surface area contributed by atoms with E-state index in [4.69, 9.17) is 4.98 Å². The van der Waals surface area contributed by atoms with Gasteiger partial charge in [0.15, 0.2) is 0 Å². The molecule has 0 aromatic carbocycles. The molecule has 0 N–H and O–H groups in total. The molecule has 0 bridgehead atoms. The van der Waals surface area contributed by atoms with Crippen molar-refractivity contribution < 1.29 is 0 Å². The van der Waals surface area contributed by atoms with Gasteiger partial charge in [0, 0.05) is 34.1 Å². The Morgan fingerprint density at radius 2 is 0.825 bits per heavy atom. The topological polar surface area (TPSA) is 25.8 Å². The highest BCUT2D eigenvalue weighted by molar-refractivity contribution is 5.35. The molecule has 2 heteroatoms. The first kappa shape index (κ1) is 51.1. The fraction of sp³-hybridized carbons (Fsp3) is 0.737. The van der Waals surface area contributed by atoms with E-state index in [2.05, 4.69) is 120 Å². The molecule has 0 aliphatic carbocycles. The predicted octanol–water partition coefficient (Wildman–Crippen LogP) is 13.3. The minimum atomic E-state index is 0.